The third kappa shape index (κ3) is 3.70. The SMILES string of the molecule is c1ccc(-c2nc(-c3ccccc3)nc(N3c4cccc5c4Oc4c3ccc3cccc(c43)-c3ccccc3N5)n2)cc1. The Kier molecular flexibility index (Phi) is 5.10. The second-order valence-electron chi connectivity index (χ2n) is 10.6. The van der Waals surface area contributed by atoms with E-state index < -0.39 is 0 Å². The van der Waals surface area contributed by atoms with Gasteiger partial charge in [0.2, 0.25) is 5.95 Å². The van der Waals surface area contributed by atoms with Gasteiger partial charge in [0.15, 0.2) is 23.1 Å². The number of anilines is 5. The summed E-state index contributed by atoms with van der Waals surface area (Å²) in [5.41, 5.74) is 7.64. The number of para-hydroxylation sites is 2. The van der Waals surface area contributed by atoms with Gasteiger partial charge in [-0.05, 0) is 35.2 Å². The topological polar surface area (TPSA) is 63.2 Å². The molecule has 0 amide bonds. The highest BCUT2D eigenvalue weighted by atomic mass is 16.5. The maximum absolute atomic E-state index is 6.87. The van der Waals surface area contributed by atoms with E-state index in [0.29, 0.717) is 17.6 Å². The molecule has 0 spiro atoms. The molecule has 1 aromatic heterocycles. The van der Waals surface area contributed by atoms with Crippen molar-refractivity contribution in [3.8, 4) is 45.4 Å². The van der Waals surface area contributed by atoms with Crippen LogP contribution in [0.2, 0.25) is 0 Å². The van der Waals surface area contributed by atoms with Gasteiger partial charge in [0.1, 0.15) is 0 Å². The number of nitrogens with zero attached hydrogens (tertiary/aromatic N) is 4. The van der Waals surface area contributed by atoms with Gasteiger partial charge in [0, 0.05) is 27.8 Å². The van der Waals surface area contributed by atoms with Crippen molar-refractivity contribution in [2.24, 2.45) is 0 Å². The minimum absolute atomic E-state index is 0.518. The van der Waals surface area contributed by atoms with Crippen molar-refractivity contribution >= 4 is 39.5 Å². The van der Waals surface area contributed by atoms with Crippen LogP contribution in [0.15, 0.2) is 133 Å². The van der Waals surface area contributed by atoms with Gasteiger partial charge in [-0.25, -0.2) is 4.98 Å². The average Bonchev–Trinajstić information content (AvgIpc) is 3.13. The van der Waals surface area contributed by atoms with E-state index in [4.69, 9.17) is 19.7 Å². The van der Waals surface area contributed by atoms with Crippen molar-refractivity contribution in [3.63, 3.8) is 0 Å². The summed E-state index contributed by atoms with van der Waals surface area (Å²) in [6.07, 6.45) is 0. The van der Waals surface area contributed by atoms with Gasteiger partial charge in [-0.3, -0.25) is 4.90 Å². The standard InChI is InChI=1S/C37H23N5O/c1-3-11-24(12-4-1)35-39-36(25-13-5-2-6-14-25)41-37(40-35)42-30-20-10-19-29-33(30)43-34-31(42)22-21-23-15-9-17-27(32(23)34)26-16-7-8-18-28(26)38-29/h1-22,38H. The Bertz CT molecular complexity index is 2140. The number of rotatable bonds is 3. The minimum atomic E-state index is 0.518. The summed E-state index contributed by atoms with van der Waals surface area (Å²) in [6, 6.07) is 45.3. The molecule has 2 bridgehead atoms. The molecule has 0 atom stereocenters. The normalized spacial score (nSPS) is 12.5. The molecule has 0 unspecified atom stereocenters. The average molecular weight is 554 g/mol. The minimum Gasteiger partial charge on any atom is -0.450 e. The number of ether oxygens (including phenoxy) is 1. The molecular weight excluding hydrogens is 530 g/mol. The van der Waals surface area contributed by atoms with Crippen LogP contribution in [-0.2, 0) is 0 Å². The Morgan fingerprint density at radius 2 is 1.12 bits per heavy atom. The maximum Gasteiger partial charge on any atom is 0.239 e. The van der Waals surface area contributed by atoms with Crippen LogP contribution in [0, 0.1) is 0 Å². The van der Waals surface area contributed by atoms with Crippen LogP contribution in [0.1, 0.15) is 0 Å². The second kappa shape index (κ2) is 9.26. The lowest BCUT2D eigenvalue weighted by molar-refractivity contribution is 0.484. The van der Waals surface area contributed by atoms with Gasteiger partial charge in [0.25, 0.3) is 0 Å². The van der Waals surface area contributed by atoms with E-state index in [9.17, 15) is 0 Å². The molecule has 0 saturated heterocycles. The first-order valence-electron chi connectivity index (χ1n) is 14.2. The van der Waals surface area contributed by atoms with E-state index in [1.165, 1.54) is 0 Å². The quantitative estimate of drug-likeness (QED) is 0.235. The van der Waals surface area contributed by atoms with Crippen molar-refractivity contribution in [1.29, 1.82) is 0 Å². The molecule has 0 aliphatic carbocycles. The molecule has 9 rings (SSSR count). The second-order valence-corrected chi connectivity index (χ2v) is 10.6. The molecule has 7 aromatic rings. The van der Waals surface area contributed by atoms with Crippen LogP contribution < -0.4 is 15.0 Å². The van der Waals surface area contributed by atoms with Crippen LogP contribution in [-0.4, -0.2) is 15.0 Å². The van der Waals surface area contributed by atoms with Crippen molar-refractivity contribution in [2.75, 3.05) is 10.2 Å². The molecule has 0 fully saturated rings. The monoisotopic (exact) mass is 553 g/mol. The summed E-state index contributed by atoms with van der Waals surface area (Å²) >= 11 is 0. The molecule has 0 radical (unpaired) electrons. The van der Waals surface area contributed by atoms with Crippen molar-refractivity contribution < 1.29 is 4.74 Å². The molecule has 1 N–H and O–H groups in total. The first-order chi connectivity index (χ1) is 21.3. The van der Waals surface area contributed by atoms with Gasteiger partial charge in [0.05, 0.1) is 17.1 Å². The van der Waals surface area contributed by atoms with Crippen LogP contribution in [0.5, 0.6) is 11.5 Å². The zero-order valence-corrected chi connectivity index (χ0v) is 22.9. The van der Waals surface area contributed by atoms with Gasteiger partial charge in [-0.1, -0.05) is 109 Å². The first-order valence-corrected chi connectivity index (χ1v) is 14.2. The molecule has 6 nitrogen and oxygen atoms in total. The van der Waals surface area contributed by atoms with Gasteiger partial charge in [-0.2, -0.15) is 9.97 Å². The van der Waals surface area contributed by atoms with E-state index in [0.717, 1.165) is 67.3 Å². The Labute approximate surface area is 247 Å². The number of fused-ring (bicyclic) bond motifs is 2. The van der Waals surface area contributed by atoms with Gasteiger partial charge in [-0.15, -0.1) is 0 Å². The highest BCUT2D eigenvalue weighted by Crippen LogP contribution is 2.57. The number of hydrogen-bond acceptors (Lipinski definition) is 6. The fourth-order valence-corrected chi connectivity index (χ4v) is 6.06. The van der Waals surface area contributed by atoms with Gasteiger partial charge >= 0.3 is 0 Å². The fraction of sp³-hybridized carbons (Fsp3) is 0. The van der Waals surface area contributed by atoms with Crippen LogP contribution in [0.4, 0.5) is 28.7 Å². The fourth-order valence-electron chi connectivity index (χ4n) is 6.06. The number of hydrogen-bond donors (Lipinski definition) is 1. The molecule has 2 aliphatic rings. The van der Waals surface area contributed by atoms with Crippen LogP contribution >= 0.6 is 0 Å². The van der Waals surface area contributed by atoms with Crippen molar-refractivity contribution in [1.82, 2.24) is 15.0 Å². The third-order valence-corrected chi connectivity index (χ3v) is 8.03. The number of aromatic nitrogens is 3. The van der Waals surface area contributed by atoms with E-state index in [-0.39, 0.29) is 0 Å². The Hall–Kier alpha value is -6.01. The summed E-state index contributed by atoms with van der Waals surface area (Å²) in [5, 5.41) is 5.81. The Balaban J connectivity index is 1.37. The third-order valence-electron chi connectivity index (χ3n) is 8.03. The molecule has 6 aromatic carbocycles. The van der Waals surface area contributed by atoms with Crippen LogP contribution in [0.3, 0.4) is 0 Å². The molecule has 0 saturated carbocycles. The summed E-state index contributed by atoms with van der Waals surface area (Å²) in [5.74, 6) is 3.22. The summed E-state index contributed by atoms with van der Waals surface area (Å²) < 4.78 is 6.87. The van der Waals surface area contributed by atoms with Gasteiger partial charge < -0.3 is 10.1 Å². The van der Waals surface area contributed by atoms with E-state index in [1.54, 1.807) is 0 Å². The zero-order valence-electron chi connectivity index (χ0n) is 22.9. The number of benzene rings is 6. The largest absolute Gasteiger partial charge is 0.450 e. The maximum atomic E-state index is 6.87. The predicted molar refractivity (Wildman–Crippen MR) is 172 cm³/mol. The highest BCUT2D eigenvalue weighted by Gasteiger charge is 2.33. The van der Waals surface area contributed by atoms with E-state index in [1.807, 2.05) is 72.8 Å². The zero-order chi connectivity index (χ0) is 28.3. The summed E-state index contributed by atoms with van der Waals surface area (Å²) in [4.78, 5) is 17.2. The Morgan fingerprint density at radius 1 is 0.488 bits per heavy atom. The molecule has 202 valence electrons. The lowest BCUT2D eigenvalue weighted by Gasteiger charge is -2.33. The first kappa shape index (κ1) is 23.7. The number of nitrogens with one attached hydrogen (secondary N) is 1. The van der Waals surface area contributed by atoms with Crippen LogP contribution in [0.25, 0.3) is 44.7 Å². The molecular formula is C37H23N5O. The summed E-state index contributed by atoms with van der Waals surface area (Å²) in [7, 11) is 0. The lowest BCUT2D eigenvalue weighted by atomic mass is 9.95. The predicted octanol–water partition coefficient (Wildman–Crippen LogP) is 9.66. The smallest absolute Gasteiger partial charge is 0.239 e. The molecule has 2 aliphatic heterocycles. The lowest BCUT2D eigenvalue weighted by Crippen LogP contribution is -2.20. The van der Waals surface area contributed by atoms with E-state index in [2.05, 4.69) is 70.9 Å². The molecule has 43 heavy (non-hydrogen) atoms. The van der Waals surface area contributed by atoms with Crippen molar-refractivity contribution in [3.05, 3.63) is 133 Å². The van der Waals surface area contributed by atoms with Crippen molar-refractivity contribution in [2.45, 2.75) is 0 Å². The molecule has 6 heteroatoms. The summed E-state index contributed by atoms with van der Waals surface area (Å²) in [6.45, 7) is 0. The Morgan fingerprint density at radius 3 is 1.88 bits per heavy atom. The van der Waals surface area contributed by atoms with E-state index >= 15 is 0 Å². The molecule has 3 heterocycles. The highest BCUT2D eigenvalue weighted by molar-refractivity contribution is 6.09.